The minimum absolute atomic E-state index is 0.0625. The van der Waals surface area contributed by atoms with Crippen molar-refractivity contribution in [2.24, 2.45) is 0 Å². The van der Waals surface area contributed by atoms with Gasteiger partial charge < -0.3 is 15.4 Å². The van der Waals surface area contributed by atoms with Crippen LogP contribution in [-0.2, 0) is 6.18 Å². The standard InChI is InChI=1S/C22H23F3N4O/c1-14-7-5-6-8-18(14)28-20-26-13-17(22(23,24)25)19(29-20)27-15-9-11-16(12-10-15)30-21(2,3)4/h5-13H,1-4H3,(H2,26,27,28,29). The highest BCUT2D eigenvalue weighted by atomic mass is 19.4. The first-order valence-electron chi connectivity index (χ1n) is 9.34. The van der Waals surface area contributed by atoms with Crippen LogP contribution in [0.2, 0.25) is 0 Å². The molecular formula is C22H23F3N4O. The van der Waals surface area contributed by atoms with Crippen LogP contribution in [0.25, 0.3) is 0 Å². The third kappa shape index (κ3) is 5.62. The minimum atomic E-state index is -4.60. The Morgan fingerprint density at radius 1 is 0.900 bits per heavy atom. The molecule has 2 aromatic carbocycles. The van der Waals surface area contributed by atoms with Gasteiger partial charge in [0.2, 0.25) is 5.95 Å². The molecule has 3 rings (SSSR count). The molecule has 0 aliphatic rings. The van der Waals surface area contributed by atoms with E-state index in [-0.39, 0.29) is 17.4 Å². The van der Waals surface area contributed by atoms with Crippen molar-refractivity contribution in [1.82, 2.24) is 9.97 Å². The Kier molecular flexibility index (Phi) is 5.87. The maximum absolute atomic E-state index is 13.5. The Hall–Kier alpha value is -3.29. The first kappa shape index (κ1) is 21.4. The van der Waals surface area contributed by atoms with Crippen molar-refractivity contribution in [1.29, 1.82) is 0 Å². The zero-order valence-electron chi connectivity index (χ0n) is 17.1. The lowest BCUT2D eigenvalue weighted by atomic mass is 10.2. The van der Waals surface area contributed by atoms with Crippen molar-refractivity contribution in [3.05, 3.63) is 65.9 Å². The summed E-state index contributed by atoms with van der Waals surface area (Å²) in [5.41, 5.74) is 0.758. The van der Waals surface area contributed by atoms with Gasteiger partial charge in [-0.25, -0.2) is 4.98 Å². The quantitative estimate of drug-likeness (QED) is 0.499. The van der Waals surface area contributed by atoms with Crippen LogP contribution in [0.5, 0.6) is 5.75 Å². The SMILES string of the molecule is Cc1ccccc1Nc1ncc(C(F)(F)F)c(Nc2ccc(OC(C)(C)C)cc2)n1. The van der Waals surface area contributed by atoms with Gasteiger partial charge in [0, 0.05) is 17.6 Å². The number of halogens is 3. The number of rotatable bonds is 5. The van der Waals surface area contributed by atoms with E-state index in [4.69, 9.17) is 4.74 Å². The van der Waals surface area contributed by atoms with Crippen LogP contribution in [0, 0.1) is 6.92 Å². The zero-order valence-corrected chi connectivity index (χ0v) is 17.1. The highest BCUT2D eigenvalue weighted by Crippen LogP contribution is 2.35. The number of hydrogen-bond donors (Lipinski definition) is 2. The first-order valence-corrected chi connectivity index (χ1v) is 9.34. The third-order valence-corrected chi connectivity index (χ3v) is 4.03. The fraction of sp³-hybridized carbons (Fsp3) is 0.273. The number of ether oxygens (including phenoxy) is 1. The normalized spacial score (nSPS) is 11.8. The minimum Gasteiger partial charge on any atom is -0.488 e. The van der Waals surface area contributed by atoms with Gasteiger partial charge in [0.25, 0.3) is 0 Å². The molecule has 1 heterocycles. The smallest absolute Gasteiger partial charge is 0.421 e. The number of aromatic nitrogens is 2. The Bertz CT molecular complexity index is 1010. The largest absolute Gasteiger partial charge is 0.488 e. The summed E-state index contributed by atoms with van der Waals surface area (Å²) in [7, 11) is 0. The predicted molar refractivity (Wildman–Crippen MR) is 112 cm³/mol. The molecule has 0 bridgehead atoms. The van der Waals surface area contributed by atoms with Crippen molar-refractivity contribution in [3.8, 4) is 5.75 Å². The molecule has 2 N–H and O–H groups in total. The topological polar surface area (TPSA) is 59.1 Å². The molecule has 0 saturated heterocycles. The Balaban J connectivity index is 1.88. The number of nitrogens with zero attached hydrogens (tertiary/aromatic N) is 2. The highest BCUT2D eigenvalue weighted by Gasteiger charge is 2.35. The average molecular weight is 416 g/mol. The molecule has 1 aromatic heterocycles. The second-order valence-corrected chi connectivity index (χ2v) is 7.76. The van der Waals surface area contributed by atoms with Crippen LogP contribution < -0.4 is 15.4 Å². The maximum Gasteiger partial charge on any atom is 0.421 e. The van der Waals surface area contributed by atoms with Gasteiger partial charge in [0.15, 0.2) is 0 Å². The van der Waals surface area contributed by atoms with Crippen LogP contribution in [0.3, 0.4) is 0 Å². The number of hydrogen-bond acceptors (Lipinski definition) is 5. The predicted octanol–water partition coefficient (Wildman–Crippen LogP) is 6.47. The van der Waals surface area contributed by atoms with E-state index in [1.54, 1.807) is 30.3 Å². The van der Waals surface area contributed by atoms with Gasteiger partial charge in [-0.15, -0.1) is 0 Å². The van der Waals surface area contributed by atoms with Crippen molar-refractivity contribution < 1.29 is 17.9 Å². The molecule has 0 spiro atoms. The third-order valence-electron chi connectivity index (χ3n) is 4.03. The molecule has 5 nitrogen and oxygen atoms in total. The lowest BCUT2D eigenvalue weighted by Gasteiger charge is -2.21. The van der Waals surface area contributed by atoms with Crippen LogP contribution in [0.1, 0.15) is 31.9 Å². The van der Waals surface area contributed by atoms with E-state index in [1.165, 1.54) is 0 Å². The lowest BCUT2D eigenvalue weighted by molar-refractivity contribution is -0.137. The van der Waals surface area contributed by atoms with Crippen LogP contribution >= 0.6 is 0 Å². The van der Waals surface area contributed by atoms with Crippen molar-refractivity contribution >= 4 is 23.1 Å². The van der Waals surface area contributed by atoms with Gasteiger partial charge in [0.1, 0.15) is 22.7 Å². The van der Waals surface area contributed by atoms with Gasteiger partial charge in [-0.3, -0.25) is 0 Å². The molecule has 158 valence electrons. The summed E-state index contributed by atoms with van der Waals surface area (Å²) >= 11 is 0. The summed E-state index contributed by atoms with van der Waals surface area (Å²) < 4.78 is 46.1. The molecule has 8 heteroatoms. The molecule has 0 unspecified atom stereocenters. The summed E-state index contributed by atoms with van der Waals surface area (Å²) in [4.78, 5) is 7.90. The van der Waals surface area contributed by atoms with Crippen LogP contribution in [-0.4, -0.2) is 15.6 Å². The van der Waals surface area contributed by atoms with E-state index >= 15 is 0 Å². The summed E-state index contributed by atoms with van der Waals surface area (Å²) in [5.74, 6) is 0.347. The number of alkyl halides is 3. The van der Waals surface area contributed by atoms with Gasteiger partial charge >= 0.3 is 6.18 Å². The monoisotopic (exact) mass is 416 g/mol. The van der Waals surface area contributed by atoms with E-state index in [1.807, 2.05) is 45.9 Å². The fourth-order valence-corrected chi connectivity index (χ4v) is 2.67. The Labute approximate surface area is 173 Å². The molecule has 3 aromatic rings. The fourth-order valence-electron chi connectivity index (χ4n) is 2.67. The summed E-state index contributed by atoms with van der Waals surface area (Å²) in [5, 5.41) is 5.71. The number of aryl methyl sites for hydroxylation is 1. The summed E-state index contributed by atoms with van der Waals surface area (Å²) in [6.07, 6.45) is -3.83. The molecule has 0 amide bonds. The van der Waals surface area contributed by atoms with Gasteiger partial charge in [-0.2, -0.15) is 18.2 Å². The molecule has 0 saturated carbocycles. The van der Waals surface area contributed by atoms with Crippen LogP contribution in [0.15, 0.2) is 54.7 Å². The van der Waals surface area contributed by atoms with E-state index < -0.39 is 11.7 Å². The molecule has 0 aliphatic carbocycles. The Morgan fingerprint density at radius 2 is 1.57 bits per heavy atom. The first-order chi connectivity index (χ1) is 14.0. The highest BCUT2D eigenvalue weighted by molar-refractivity contribution is 5.64. The lowest BCUT2D eigenvalue weighted by Crippen LogP contribution is -2.22. The van der Waals surface area contributed by atoms with Gasteiger partial charge in [0.05, 0.1) is 0 Å². The molecule has 30 heavy (non-hydrogen) atoms. The van der Waals surface area contributed by atoms with E-state index in [0.717, 1.165) is 11.8 Å². The van der Waals surface area contributed by atoms with E-state index in [9.17, 15) is 13.2 Å². The van der Waals surface area contributed by atoms with Crippen molar-refractivity contribution in [2.45, 2.75) is 39.5 Å². The second-order valence-electron chi connectivity index (χ2n) is 7.76. The molecule has 0 fully saturated rings. The summed E-state index contributed by atoms with van der Waals surface area (Å²) in [6, 6.07) is 14.0. The molecule has 0 aliphatic heterocycles. The number of nitrogens with one attached hydrogen (secondary N) is 2. The average Bonchev–Trinajstić information content (AvgIpc) is 2.63. The van der Waals surface area contributed by atoms with Gasteiger partial charge in [-0.1, -0.05) is 18.2 Å². The molecular weight excluding hydrogens is 393 g/mol. The van der Waals surface area contributed by atoms with Crippen LogP contribution in [0.4, 0.5) is 36.3 Å². The summed E-state index contributed by atoms with van der Waals surface area (Å²) in [6.45, 7) is 7.63. The zero-order chi connectivity index (χ0) is 21.9. The number of para-hydroxylation sites is 1. The molecule has 0 atom stereocenters. The number of benzene rings is 2. The Morgan fingerprint density at radius 3 is 2.17 bits per heavy atom. The van der Waals surface area contributed by atoms with E-state index in [2.05, 4.69) is 20.6 Å². The maximum atomic E-state index is 13.5. The number of anilines is 4. The van der Waals surface area contributed by atoms with Crippen molar-refractivity contribution in [3.63, 3.8) is 0 Å². The van der Waals surface area contributed by atoms with Crippen molar-refractivity contribution in [2.75, 3.05) is 10.6 Å². The van der Waals surface area contributed by atoms with E-state index in [0.29, 0.717) is 17.1 Å². The molecule has 0 radical (unpaired) electrons. The van der Waals surface area contributed by atoms with Gasteiger partial charge in [-0.05, 0) is 63.6 Å². The second kappa shape index (κ2) is 8.22.